The van der Waals surface area contributed by atoms with Crippen molar-refractivity contribution in [1.29, 1.82) is 0 Å². The second kappa shape index (κ2) is 2.71. The van der Waals surface area contributed by atoms with Gasteiger partial charge in [-0.3, -0.25) is 4.79 Å². The van der Waals surface area contributed by atoms with Crippen LogP contribution in [0, 0.1) is 5.41 Å². The van der Waals surface area contributed by atoms with E-state index in [4.69, 9.17) is 5.11 Å². The van der Waals surface area contributed by atoms with Crippen molar-refractivity contribution < 1.29 is 15.0 Å². The molecule has 0 aromatic carbocycles. The van der Waals surface area contributed by atoms with Crippen LogP contribution in [0.5, 0.6) is 0 Å². The quantitative estimate of drug-likeness (QED) is 0.650. The molecule has 0 spiro atoms. The second-order valence-electron chi connectivity index (χ2n) is 4.69. The number of rotatable bonds is 1. The van der Waals surface area contributed by atoms with Crippen molar-refractivity contribution in [3.8, 4) is 0 Å². The van der Waals surface area contributed by atoms with Gasteiger partial charge in [-0.05, 0) is 44.9 Å². The summed E-state index contributed by atoms with van der Waals surface area (Å²) >= 11 is 0. The largest absolute Gasteiger partial charge is 0.481 e. The molecule has 0 aromatic rings. The van der Waals surface area contributed by atoms with Crippen LogP contribution in [0.3, 0.4) is 0 Å². The van der Waals surface area contributed by atoms with Crippen LogP contribution in [-0.2, 0) is 4.79 Å². The van der Waals surface area contributed by atoms with Gasteiger partial charge < -0.3 is 10.2 Å². The summed E-state index contributed by atoms with van der Waals surface area (Å²) in [6.45, 7) is 0. The summed E-state index contributed by atoms with van der Waals surface area (Å²) in [5.41, 5.74) is -1.25. The highest BCUT2D eigenvalue weighted by Crippen LogP contribution is 2.50. The number of carboxylic acid groups (broad SMARTS) is 1. The van der Waals surface area contributed by atoms with Crippen LogP contribution in [0.2, 0.25) is 0 Å². The lowest BCUT2D eigenvalue weighted by molar-refractivity contribution is -0.165. The summed E-state index contributed by atoms with van der Waals surface area (Å²) in [4.78, 5) is 11.1. The van der Waals surface area contributed by atoms with Gasteiger partial charge in [-0.15, -0.1) is 0 Å². The van der Waals surface area contributed by atoms with Crippen LogP contribution in [0.4, 0.5) is 0 Å². The summed E-state index contributed by atoms with van der Waals surface area (Å²) in [5.74, 6) is -0.703. The van der Waals surface area contributed by atoms with Crippen LogP contribution in [0.1, 0.15) is 44.9 Å². The molecule has 0 saturated heterocycles. The zero-order valence-electron chi connectivity index (χ0n) is 7.75. The van der Waals surface area contributed by atoms with Gasteiger partial charge in [-0.25, -0.2) is 0 Å². The first-order chi connectivity index (χ1) is 6.06. The van der Waals surface area contributed by atoms with E-state index < -0.39 is 17.0 Å². The van der Waals surface area contributed by atoms with E-state index in [0.29, 0.717) is 6.42 Å². The third kappa shape index (κ3) is 1.35. The fourth-order valence-corrected chi connectivity index (χ4v) is 3.03. The molecule has 3 nitrogen and oxygen atoms in total. The topological polar surface area (TPSA) is 57.5 Å². The molecule has 0 aliphatic heterocycles. The minimum absolute atomic E-state index is 0.481. The van der Waals surface area contributed by atoms with E-state index in [1.54, 1.807) is 0 Å². The molecular weight excluding hydrogens is 168 g/mol. The average molecular weight is 184 g/mol. The van der Waals surface area contributed by atoms with Gasteiger partial charge in [0.05, 0.1) is 11.0 Å². The second-order valence-corrected chi connectivity index (χ2v) is 4.69. The van der Waals surface area contributed by atoms with Crippen molar-refractivity contribution >= 4 is 5.97 Å². The van der Waals surface area contributed by atoms with Gasteiger partial charge in [0.2, 0.25) is 0 Å². The van der Waals surface area contributed by atoms with Crippen molar-refractivity contribution in [2.24, 2.45) is 5.41 Å². The number of hydrogen-bond donors (Lipinski definition) is 2. The molecule has 2 aliphatic carbocycles. The van der Waals surface area contributed by atoms with Crippen LogP contribution in [-0.4, -0.2) is 21.8 Å². The van der Waals surface area contributed by atoms with E-state index >= 15 is 0 Å². The maximum atomic E-state index is 11.1. The van der Waals surface area contributed by atoms with E-state index in [-0.39, 0.29) is 0 Å². The summed E-state index contributed by atoms with van der Waals surface area (Å²) in [7, 11) is 0. The summed E-state index contributed by atoms with van der Waals surface area (Å²) in [6, 6.07) is 0. The molecule has 13 heavy (non-hydrogen) atoms. The van der Waals surface area contributed by atoms with E-state index in [9.17, 15) is 9.90 Å². The Morgan fingerprint density at radius 2 is 1.62 bits per heavy atom. The van der Waals surface area contributed by atoms with Crippen molar-refractivity contribution in [3.05, 3.63) is 0 Å². The third-order valence-electron chi connectivity index (χ3n) is 3.72. The summed E-state index contributed by atoms with van der Waals surface area (Å²) in [6.07, 6.45) is 5.31. The normalized spacial score (nSPS) is 44.4. The van der Waals surface area contributed by atoms with Crippen LogP contribution in [0.25, 0.3) is 0 Å². The number of hydrogen-bond acceptors (Lipinski definition) is 2. The number of aliphatic hydroxyl groups is 1. The maximum Gasteiger partial charge on any atom is 0.309 e. The fraction of sp³-hybridized carbons (Fsp3) is 0.900. The zero-order valence-corrected chi connectivity index (χ0v) is 7.75. The van der Waals surface area contributed by atoms with Crippen molar-refractivity contribution in [1.82, 2.24) is 0 Å². The first kappa shape index (κ1) is 9.00. The summed E-state index contributed by atoms with van der Waals surface area (Å²) in [5, 5.41) is 19.2. The number of carboxylic acids is 1. The standard InChI is InChI=1S/C10H16O3/c11-8(12)9-3-1-5-10(13,7-9)6-2-4-9/h13H,1-7H2,(H,11,12). The zero-order chi connectivity index (χ0) is 9.53. The molecule has 74 valence electrons. The van der Waals surface area contributed by atoms with Gasteiger partial charge in [0, 0.05) is 0 Å². The SMILES string of the molecule is O=C(O)C12CCCC(O)(CCC1)C2. The van der Waals surface area contributed by atoms with Crippen molar-refractivity contribution in [3.63, 3.8) is 0 Å². The molecule has 0 heterocycles. The molecular formula is C10H16O3. The van der Waals surface area contributed by atoms with E-state index in [0.717, 1.165) is 38.5 Å². The van der Waals surface area contributed by atoms with Crippen molar-refractivity contribution in [2.45, 2.75) is 50.5 Å². The number of carbonyl (C=O) groups is 1. The van der Waals surface area contributed by atoms with Gasteiger partial charge in [0.15, 0.2) is 0 Å². The van der Waals surface area contributed by atoms with Gasteiger partial charge >= 0.3 is 5.97 Å². The molecule has 0 amide bonds. The Bertz CT molecular complexity index is 224. The molecule has 3 heteroatoms. The van der Waals surface area contributed by atoms with E-state index in [1.165, 1.54) is 0 Å². The first-order valence-corrected chi connectivity index (χ1v) is 5.02. The number of fused-ring (bicyclic) bond motifs is 2. The van der Waals surface area contributed by atoms with Gasteiger partial charge in [-0.2, -0.15) is 0 Å². The van der Waals surface area contributed by atoms with Crippen LogP contribution in [0.15, 0.2) is 0 Å². The lowest BCUT2D eigenvalue weighted by Gasteiger charge is -2.47. The predicted octanol–water partition coefficient (Wildman–Crippen LogP) is 1.55. The Hall–Kier alpha value is -0.570. The fourth-order valence-electron chi connectivity index (χ4n) is 3.03. The molecule has 2 aliphatic rings. The highest BCUT2D eigenvalue weighted by Gasteiger charge is 2.51. The van der Waals surface area contributed by atoms with Gasteiger partial charge in [0.25, 0.3) is 0 Å². The smallest absolute Gasteiger partial charge is 0.309 e. The third-order valence-corrected chi connectivity index (χ3v) is 3.72. The first-order valence-electron chi connectivity index (χ1n) is 5.02. The Labute approximate surface area is 77.8 Å². The highest BCUT2D eigenvalue weighted by atomic mass is 16.4. The lowest BCUT2D eigenvalue weighted by atomic mass is 9.60. The molecule has 2 saturated carbocycles. The Morgan fingerprint density at radius 1 is 1.08 bits per heavy atom. The molecule has 0 unspecified atom stereocenters. The van der Waals surface area contributed by atoms with Crippen LogP contribution >= 0.6 is 0 Å². The van der Waals surface area contributed by atoms with Crippen molar-refractivity contribution in [2.75, 3.05) is 0 Å². The minimum atomic E-state index is -0.703. The molecule has 2 bridgehead atoms. The van der Waals surface area contributed by atoms with E-state index in [1.807, 2.05) is 0 Å². The Morgan fingerprint density at radius 3 is 2.00 bits per heavy atom. The number of aliphatic carboxylic acids is 1. The average Bonchev–Trinajstić information content (AvgIpc) is 2.02. The molecule has 0 atom stereocenters. The Balaban J connectivity index is 2.24. The maximum absolute atomic E-state index is 11.1. The molecule has 2 N–H and O–H groups in total. The Kier molecular flexibility index (Phi) is 1.88. The molecule has 0 aromatic heterocycles. The minimum Gasteiger partial charge on any atom is -0.481 e. The monoisotopic (exact) mass is 184 g/mol. The van der Waals surface area contributed by atoms with E-state index in [2.05, 4.69) is 0 Å². The van der Waals surface area contributed by atoms with Crippen LogP contribution < -0.4 is 0 Å². The summed E-state index contributed by atoms with van der Waals surface area (Å²) < 4.78 is 0. The molecule has 0 radical (unpaired) electrons. The predicted molar refractivity (Wildman–Crippen MR) is 47.3 cm³/mol. The molecule has 2 rings (SSSR count). The molecule has 2 fully saturated rings. The van der Waals surface area contributed by atoms with Gasteiger partial charge in [0.1, 0.15) is 0 Å². The lowest BCUT2D eigenvalue weighted by Crippen LogP contribution is -2.48. The van der Waals surface area contributed by atoms with Gasteiger partial charge in [-0.1, -0.05) is 0 Å². The highest BCUT2D eigenvalue weighted by molar-refractivity contribution is 5.75.